The van der Waals surface area contributed by atoms with E-state index in [1.807, 2.05) is 26.8 Å². The van der Waals surface area contributed by atoms with E-state index in [4.69, 9.17) is 16.0 Å². The van der Waals surface area contributed by atoms with Gasteiger partial charge in [0.1, 0.15) is 11.8 Å². The van der Waals surface area contributed by atoms with Crippen molar-refractivity contribution in [1.82, 2.24) is 4.98 Å². The van der Waals surface area contributed by atoms with E-state index in [0.29, 0.717) is 19.0 Å². The average molecular weight is 290 g/mol. The maximum Gasteiger partial charge on any atom is 0.308 e. The molecule has 0 fully saturated rings. The Hall–Kier alpha value is -1.93. The molecule has 1 rings (SSSR count). The van der Waals surface area contributed by atoms with Gasteiger partial charge in [0, 0.05) is 6.61 Å². The van der Waals surface area contributed by atoms with Crippen LogP contribution in [-0.4, -0.2) is 29.8 Å². The second-order valence-electron chi connectivity index (χ2n) is 5.69. The van der Waals surface area contributed by atoms with E-state index in [0.717, 1.165) is 18.4 Å². The molecule has 0 spiro atoms. The Labute approximate surface area is 126 Å². The van der Waals surface area contributed by atoms with E-state index in [-0.39, 0.29) is 12.4 Å². The summed E-state index contributed by atoms with van der Waals surface area (Å²) < 4.78 is 10.6. The third kappa shape index (κ3) is 8.05. The average Bonchev–Trinajstić information content (AvgIpc) is 2.41. The summed E-state index contributed by atoms with van der Waals surface area (Å²) in [6.07, 6.45) is 3.59. The molecule has 0 amide bonds. The van der Waals surface area contributed by atoms with Crippen molar-refractivity contribution in [3.63, 3.8) is 0 Å². The fourth-order valence-electron chi connectivity index (χ4n) is 1.71. The van der Waals surface area contributed by atoms with E-state index in [9.17, 15) is 4.79 Å². The van der Waals surface area contributed by atoms with E-state index >= 15 is 0 Å². The number of aromatic nitrogens is 1. The Kier molecular flexibility index (Phi) is 6.83. The number of carbonyl (C=O) groups excluding carboxylic acids is 1. The lowest BCUT2D eigenvalue weighted by Crippen LogP contribution is -2.24. The molecule has 0 saturated carbocycles. The molecule has 5 nitrogen and oxygen atoms in total. The molecular weight excluding hydrogens is 268 g/mol. The molecule has 0 saturated heterocycles. The zero-order valence-electron chi connectivity index (χ0n) is 12.9. The molecule has 0 N–H and O–H groups in total. The smallest absolute Gasteiger partial charge is 0.308 e. The zero-order chi connectivity index (χ0) is 15.7. The second-order valence-corrected chi connectivity index (χ2v) is 5.69. The number of aryl methyl sites for hydroxylation is 1. The van der Waals surface area contributed by atoms with Crippen molar-refractivity contribution < 1.29 is 14.3 Å². The van der Waals surface area contributed by atoms with Crippen LogP contribution in [0.25, 0.3) is 4.85 Å². The standard InChI is InChI=1S/C16H22N2O3/c1-16(2,3)21-15(19)8-11-20-10-5-6-13-7-9-18-14(12-13)17-4/h7,9,12H,5-6,8,10-11H2,1-3H3. The van der Waals surface area contributed by atoms with Gasteiger partial charge < -0.3 is 14.3 Å². The summed E-state index contributed by atoms with van der Waals surface area (Å²) in [5, 5.41) is 0. The normalized spacial score (nSPS) is 11.0. The van der Waals surface area contributed by atoms with Gasteiger partial charge in [-0.25, -0.2) is 0 Å². The van der Waals surface area contributed by atoms with Crippen LogP contribution in [0, 0.1) is 6.57 Å². The third-order valence-electron chi connectivity index (χ3n) is 2.55. The van der Waals surface area contributed by atoms with Gasteiger partial charge in [-0.1, -0.05) is 12.1 Å². The Morgan fingerprint density at radius 1 is 1.38 bits per heavy atom. The molecular formula is C16H22N2O3. The fraction of sp³-hybridized carbons (Fsp3) is 0.562. The van der Waals surface area contributed by atoms with Crippen LogP contribution in [-0.2, 0) is 20.7 Å². The van der Waals surface area contributed by atoms with Gasteiger partial charge in [0.25, 0.3) is 5.82 Å². The highest BCUT2D eigenvalue weighted by atomic mass is 16.6. The first kappa shape index (κ1) is 17.1. The number of pyridine rings is 1. The molecule has 114 valence electrons. The first-order valence-corrected chi connectivity index (χ1v) is 7.03. The van der Waals surface area contributed by atoms with Crippen LogP contribution in [0.4, 0.5) is 5.82 Å². The van der Waals surface area contributed by atoms with E-state index in [1.165, 1.54) is 0 Å². The highest BCUT2D eigenvalue weighted by molar-refractivity contribution is 5.69. The summed E-state index contributed by atoms with van der Waals surface area (Å²) >= 11 is 0. The lowest BCUT2D eigenvalue weighted by Gasteiger charge is -2.19. The lowest BCUT2D eigenvalue weighted by atomic mass is 10.1. The molecule has 0 aliphatic heterocycles. The quantitative estimate of drug-likeness (QED) is 0.439. The Balaban J connectivity index is 2.12. The minimum absolute atomic E-state index is 0.238. The van der Waals surface area contributed by atoms with Crippen molar-refractivity contribution in [1.29, 1.82) is 0 Å². The highest BCUT2D eigenvalue weighted by Gasteiger charge is 2.15. The summed E-state index contributed by atoms with van der Waals surface area (Å²) in [7, 11) is 0. The first-order valence-electron chi connectivity index (χ1n) is 7.03. The number of esters is 1. The van der Waals surface area contributed by atoms with Crippen molar-refractivity contribution in [3.05, 3.63) is 35.3 Å². The van der Waals surface area contributed by atoms with Crippen LogP contribution in [0.2, 0.25) is 0 Å². The SMILES string of the molecule is [C-]#[N+]c1cc(CCCOCCC(=O)OC(C)(C)C)ccn1. The maximum atomic E-state index is 11.4. The number of nitrogens with zero attached hydrogens (tertiary/aromatic N) is 2. The third-order valence-corrected chi connectivity index (χ3v) is 2.55. The largest absolute Gasteiger partial charge is 0.460 e. The second kappa shape index (κ2) is 8.38. The van der Waals surface area contributed by atoms with Crippen LogP contribution in [0.5, 0.6) is 0 Å². The number of rotatable bonds is 7. The molecule has 0 aliphatic rings. The van der Waals surface area contributed by atoms with Crippen LogP contribution >= 0.6 is 0 Å². The molecule has 5 heteroatoms. The van der Waals surface area contributed by atoms with Crippen LogP contribution in [0.15, 0.2) is 18.3 Å². The monoisotopic (exact) mass is 290 g/mol. The molecule has 1 aromatic rings. The van der Waals surface area contributed by atoms with Crippen LogP contribution in [0.1, 0.15) is 39.2 Å². The number of carbonyl (C=O) groups is 1. The topological polar surface area (TPSA) is 52.8 Å². The Morgan fingerprint density at radius 2 is 2.14 bits per heavy atom. The molecule has 0 atom stereocenters. The van der Waals surface area contributed by atoms with Gasteiger partial charge in [0.15, 0.2) is 0 Å². The minimum Gasteiger partial charge on any atom is -0.460 e. The van der Waals surface area contributed by atoms with Gasteiger partial charge in [-0.05, 0) is 45.7 Å². The maximum absolute atomic E-state index is 11.4. The van der Waals surface area contributed by atoms with Gasteiger partial charge in [-0.15, -0.1) is 4.98 Å². The molecule has 0 aromatic carbocycles. The highest BCUT2D eigenvalue weighted by Crippen LogP contribution is 2.11. The first-order chi connectivity index (χ1) is 9.90. The molecule has 1 heterocycles. The van der Waals surface area contributed by atoms with E-state index < -0.39 is 5.60 Å². The van der Waals surface area contributed by atoms with Crippen molar-refractivity contribution in [2.24, 2.45) is 0 Å². The summed E-state index contributed by atoms with van der Waals surface area (Å²) in [5.74, 6) is 0.177. The van der Waals surface area contributed by atoms with Gasteiger partial charge in [-0.2, -0.15) is 0 Å². The van der Waals surface area contributed by atoms with Crippen molar-refractivity contribution >= 4 is 11.8 Å². The zero-order valence-corrected chi connectivity index (χ0v) is 12.9. The van der Waals surface area contributed by atoms with Gasteiger partial charge in [-0.3, -0.25) is 4.79 Å². The molecule has 0 radical (unpaired) electrons. The summed E-state index contributed by atoms with van der Waals surface area (Å²) in [5.41, 5.74) is 0.630. The van der Waals surface area contributed by atoms with Gasteiger partial charge >= 0.3 is 5.97 Å². The summed E-state index contributed by atoms with van der Waals surface area (Å²) in [6, 6.07) is 3.68. The number of hydrogen-bond donors (Lipinski definition) is 0. The summed E-state index contributed by atoms with van der Waals surface area (Å²) in [6.45, 7) is 13.4. The fourth-order valence-corrected chi connectivity index (χ4v) is 1.71. The number of hydrogen-bond acceptors (Lipinski definition) is 4. The Bertz CT molecular complexity index is 501. The van der Waals surface area contributed by atoms with Crippen LogP contribution in [0.3, 0.4) is 0 Å². The van der Waals surface area contributed by atoms with E-state index in [2.05, 4.69) is 9.83 Å². The van der Waals surface area contributed by atoms with Crippen molar-refractivity contribution in [2.45, 2.75) is 45.6 Å². The van der Waals surface area contributed by atoms with Gasteiger partial charge in [0.2, 0.25) is 0 Å². The van der Waals surface area contributed by atoms with E-state index in [1.54, 1.807) is 12.3 Å². The van der Waals surface area contributed by atoms with Crippen molar-refractivity contribution in [3.8, 4) is 0 Å². The lowest BCUT2D eigenvalue weighted by molar-refractivity contribution is -0.156. The molecule has 0 unspecified atom stereocenters. The molecule has 0 bridgehead atoms. The predicted octanol–water partition coefficient (Wildman–Crippen LogP) is 3.31. The minimum atomic E-state index is -0.445. The van der Waals surface area contributed by atoms with Crippen molar-refractivity contribution in [2.75, 3.05) is 13.2 Å². The predicted molar refractivity (Wildman–Crippen MR) is 80.1 cm³/mol. The molecule has 21 heavy (non-hydrogen) atoms. The van der Waals surface area contributed by atoms with Crippen LogP contribution < -0.4 is 0 Å². The van der Waals surface area contributed by atoms with Gasteiger partial charge in [0.05, 0.1) is 13.0 Å². The molecule has 1 aromatic heterocycles. The summed E-state index contributed by atoms with van der Waals surface area (Å²) in [4.78, 5) is 18.7. The number of ether oxygens (including phenoxy) is 2. The molecule has 0 aliphatic carbocycles. The Morgan fingerprint density at radius 3 is 2.81 bits per heavy atom.